The highest BCUT2D eigenvalue weighted by molar-refractivity contribution is 6.31. The Balaban J connectivity index is 1.75. The van der Waals surface area contributed by atoms with Gasteiger partial charge in [-0.15, -0.1) is 0 Å². The molecule has 1 aliphatic rings. The summed E-state index contributed by atoms with van der Waals surface area (Å²) in [4.78, 5) is 15.3. The molecule has 0 saturated carbocycles. The second-order valence-corrected chi connectivity index (χ2v) is 5.80. The van der Waals surface area contributed by atoms with Crippen LogP contribution in [0.15, 0.2) is 24.3 Å². The Bertz CT molecular complexity index is 687. The molecule has 22 heavy (non-hydrogen) atoms. The van der Waals surface area contributed by atoms with Gasteiger partial charge in [-0.05, 0) is 30.7 Å². The van der Waals surface area contributed by atoms with Gasteiger partial charge in [0, 0.05) is 22.5 Å². The lowest BCUT2D eigenvalue weighted by atomic mass is 10.00. The summed E-state index contributed by atoms with van der Waals surface area (Å²) in [7, 11) is 0. The molecular formula is C15H17ClN2O4. The largest absolute Gasteiger partial charge is 0.394 e. The van der Waals surface area contributed by atoms with Crippen LogP contribution in [0, 0.1) is 0 Å². The molecule has 4 N–H and O–H groups in total. The van der Waals surface area contributed by atoms with E-state index in [1.54, 1.807) is 24.3 Å². The Labute approximate surface area is 132 Å². The Morgan fingerprint density at radius 1 is 1.45 bits per heavy atom. The third-order valence-corrected chi connectivity index (χ3v) is 4.11. The lowest BCUT2D eigenvalue weighted by Crippen LogP contribution is -2.54. The molecule has 0 aliphatic carbocycles. The quantitative estimate of drug-likeness (QED) is 0.679. The zero-order valence-electron chi connectivity index (χ0n) is 11.8. The molecule has 2 heterocycles. The maximum Gasteiger partial charge on any atom is 0.268 e. The van der Waals surface area contributed by atoms with Crippen molar-refractivity contribution in [3.63, 3.8) is 0 Å². The van der Waals surface area contributed by atoms with Crippen molar-refractivity contribution in [3.05, 3.63) is 35.0 Å². The highest BCUT2D eigenvalue weighted by Gasteiger charge is 2.33. The van der Waals surface area contributed by atoms with E-state index < -0.39 is 18.2 Å². The second-order valence-electron chi connectivity index (χ2n) is 5.37. The van der Waals surface area contributed by atoms with Crippen LogP contribution in [0.4, 0.5) is 0 Å². The van der Waals surface area contributed by atoms with Crippen molar-refractivity contribution in [2.75, 3.05) is 13.2 Å². The molecule has 7 heteroatoms. The number of aromatic amines is 1. The van der Waals surface area contributed by atoms with E-state index in [0.717, 1.165) is 10.9 Å². The number of carbonyl (C=O) groups is 1. The van der Waals surface area contributed by atoms with Crippen LogP contribution in [-0.2, 0) is 4.74 Å². The van der Waals surface area contributed by atoms with Crippen LogP contribution >= 0.6 is 11.6 Å². The first kappa shape index (κ1) is 15.3. The number of rotatable bonds is 3. The maximum absolute atomic E-state index is 12.3. The summed E-state index contributed by atoms with van der Waals surface area (Å²) in [5, 5.41) is 23.4. The first-order chi connectivity index (χ1) is 10.6. The summed E-state index contributed by atoms with van der Waals surface area (Å²) in [5.74, 6) is -0.310. The van der Waals surface area contributed by atoms with Crippen molar-refractivity contribution in [2.45, 2.75) is 24.7 Å². The van der Waals surface area contributed by atoms with E-state index in [4.69, 9.17) is 21.4 Å². The molecule has 2 aromatic rings. The van der Waals surface area contributed by atoms with Crippen molar-refractivity contribution >= 4 is 28.4 Å². The second kappa shape index (κ2) is 6.26. The van der Waals surface area contributed by atoms with Crippen LogP contribution in [-0.4, -0.2) is 52.6 Å². The molecule has 0 bridgehead atoms. The number of amides is 1. The Kier molecular flexibility index (Phi) is 4.35. The molecule has 0 unspecified atom stereocenters. The molecule has 6 nitrogen and oxygen atoms in total. The lowest BCUT2D eigenvalue weighted by molar-refractivity contribution is -0.107. The van der Waals surface area contributed by atoms with E-state index in [1.165, 1.54) is 0 Å². The highest BCUT2D eigenvalue weighted by Crippen LogP contribution is 2.21. The number of benzene rings is 1. The van der Waals surface area contributed by atoms with Gasteiger partial charge >= 0.3 is 0 Å². The first-order valence-corrected chi connectivity index (χ1v) is 7.46. The fraction of sp³-hybridized carbons (Fsp3) is 0.400. The van der Waals surface area contributed by atoms with E-state index in [9.17, 15) is 9.90 Å². The van der Waals surface area contributed by atoms with Gasteiger partial charge < -0.3 is 25.3 Å². The average Bonchev–Trinajstić information content (AvgIpc) is 2.92. The summed E-state index contributed by atoms with van der Waals surface area (Å²) in [6.45, 7) is 0.105. The van der Waals surface area contributed by atoms with Crippen molar-refractivity contribution in [1.82, 2.24) is 10.3 Å². The molecule has 1 amide bonds. The minimum atomic E-state index is -0.929. The van der Waals surface area contributed by atoms with E-state index in [-0.39, 0.29) is 12.5 Å². The summed E-state index contributed by atoms with van der Waals surface area (Å²) < 4.78 is 5.24. The normalized spacial score (nSPS) is 25.3. The summed E-state index contributed by atoms with van der Waals surface area (Å²) in [6, 6.07) is 6.59. The number of hydrogen-bond donors (Lipinski definition) is 4. The molecule has 1 aliphatic heterocycles. The third kappa shape index (κ3) is 2.96. The fourth-order valence-corrected chi connectivity index (χ4v) is 2.85. The van der Waals surface area contributed by atoms with Gasteiger partial charge in [-0.25, -0.2) is 0 Å². The molecule has 1 saturated heterocycles. The van der Waals surface area contributed by atoms with Gasteiger partial charge in [-0.1, -0.05) is 11.6 Å². The zero-order valence-corrected chi connectivity index (χ0v) is 12.5. The molecular weight excluding hydrogens is 308 g/mol. The number of aromatic nitrogens is 1. The zero-order chi connectivity index (χ0) is 15.7. The summed E-state index contributed by atoms with van der Waals surface area (Å²) >= 11 is 5.93. The number of fused-ring (bicyclic) bond motifs is 1. The Morgan fingerprint density at radius 2 is 2.27 bits per heavy atom. The predicted molar refractivity (Wildman–Crippen MR) is 82.0 cm³/mol. The van der Waals surface area contributed by atoms with E-state index in [2.05, 4.69) is 10.3 Å². The summed E-state index contributed by atoms with van der Waals surface area (Å²) in [6.07, 6.45) is -1.10. The van der Waals surface area contributed by atoms with E-state index in [1.807, 2.05) is 0 Å². The van der Waals surface area contributed by atoms with Crippen LogP contribution in [0.5, 0.6) is 0 Å². The minimum Gasteiger partial charge on any atom is -0.394 e. The van der Waals surface area contributed by atoms with Gasteiger partial charge in [-0.3, -0.25) is 4.79 Å². The van der Waals surface area contributed by atoms with E-state index >= 15 is 0 Å². The van der Waals surface area contributed by atoms with Crippen LogP contribution in [0.2, 0.25) is 5.02 Å². The molecule has 118 valence electrons. The highest BCUT2D eigenvalue weighted by atomic mass is 35.5. The van der Waals surface area contributed by atoms with Gasteiger partial charge in [0.1, 0.15) is 17.9 Å². The number of nitrogens with one attached hydrogen (secondary N) is 2. The number of halogens is 1. The van der Waals surface area contributed by atoms with Crippen LogP contribution in [0.1, 0.15) is 16.9 Å². The average molecular weight is 325 g/mol. The molecule has 0 radical (unpaired) electrons. The Hall–Kier alpha value is -1.60. The molecule has 1 fully saturated rings. The van der Waals surface area contributed by atoms with Crippen LogP contribution < -0.4 is 5.32 Å². The topological polar surface area (TPSA) is 94.6 Å². The smallest absolute Gasteiger partial charge is 0.268 e. The van der Waals surface area contributed by atoms with Crippen molar-refractivity contribution in [2.24, 2.45) is 0 Å². The minimum absolute atomic E-state index is 0.279. The number of ether oxygens (including phenoxy) is 1. The molecule has 3 rings (SSSR count). The molecule has 3 atom stereocenters. The van der Waals surface area contributed by atoms with Crippen molar-refractivity contribution < 1.29 is 19.7 Å². The van der Waals surface area contributed by atoms with Gasteiger partial charge in [0.05, 0.1) is 12.6 Å². The number of aliphatic hydroxyl groups is 2. The van der Waals surface area contributed by atoms with Gasteiger partial charge in [0.25, 0.3) is 5.91 Å². The van der Waals surface area contributed by atoms with Gasteiger partial charge in [0.15, 0.2) is 0 Å². The van der Waals surface area contributed by atoms with Crippen LogP contribution in [0.25, 0.3) is 10.9 Å². The lowest BCUT2D eigenvalue weighted by Gasteiger charge is -2.34. The number of hydrogen-bond acceptors (Lipinski definition) is 4. The van der Waals surface area contributed by atoms with Crippen LogP contribution in [0.3, 0.4) is 0 Å². The number of aliphatic hydroxyl groups excluding tert-OH is 2. The first-order valence-electron chi connectivity index (χ1n) is 7.08. The van der Waals surface area contributed by atoms with Gasteiger partial charge in [0.2, 0.25) is 0 Å². The predicted octanol–water partition coefficient (Wildman–Crippen LogP) is 1.06. The fourth-order valence-electron chi connectivity index (χ4n) is 2.67. The van der Waals surface area contributed by atoms with E-state index in [0.29, 0.717) is 23.7 Å². The maximum atomic E-state index is 12.3. The number of H-pyrrole nitrogens is 1. The van der Waals surface area contributed by atoms with Crippen molar-refractivity contribution in [3.8, 4) is 0 Å². The van der Waals surface area contributed by atoms with Crippen molar-refractivity contribution in [1.29, 1.82) is 0 Å². The molecule has 1 aromatic carbocycles. The van der Waals surface area contributed by atoms with Gasteiger partial charge in [-0.2, -0.15) is 0 Å². The Morgan fingerprint density at radius 3 is 3.05 bits per heavy atom. The standard InChI is InChI=1S/C15H17ClN2O4/c16-9-1-2-10-8(5-9)6-12(17-10)15(21)18-11-3-4-22-13(7-19)14(11)20/h1-2,5-6,11,13-14,17,19-20H,3-4,7H2,(H,18,21)/t11-,13+,14-/m0/s1. The summed E-state index contributed by atoms with van der Waals surface area (Å²) in [5.41, 5.74) is 1.21. The number of carbonyl (C=O) groups excluding carboxylic acids is 1. The monoisotopic (exact) mass is 324 g/mol. The SMILES string of the molecule is O=C(N[C@H]1CCO[C@H](CO)[C@H]1O)c1cc2cc(Cl)ccc2[nH]1. The molecule has 0 spiro atoms. The molecule has 1 aromatic heterocycles. The third-order valence-electron chi connectivity index (χ3n) is 3.88.